The number of aromatic nitrogens is 2. The third-order valence-electron chi connectivity index (χ3n) is 5.38. The van der Waals surface area contributed by atoms with Gasteiger partial charge in [-0.3, -0.25) is 24.7 Å². The topological polar surface area (TPSA) is 241 Å². The molecule has 2 fully saturated rings. The molecule has 0 spiro atoms. The number of amidine groups is 1. The van der Waals surface area contributed by atoms with Gasteiger partial charge in [0, 0.05) is 29.4 Å². The lowest BCUT2D eigenvalue weighted by molar-refractivity contribution is -0.150. The minimum absolute atomic E-state index is 0.0219. The van der Waals surface area contributed by atoms with Gasteiger partial charge in [-0.2, -0.15) is 9.36 Å². The summed E-state index contributed by atoms with van der Waals surface area (Å²) in [5.74, 6) is -3.53. The number of allylic oxidation sites excluding steroid dienone is 1. The first kappa shape index (κ1) is 24.1. The first-order chi connectivity index (χ1) is 16.6. The summed E-state index contributed by atoms with van der Waals surface area (Å²) in [4.78, 5) is 56.2. The fraction of sp³-hybridized carbons (Fsp3) is 0.333. The Kier molecular flexibility index (Phi) is 6.44. The molecule has 0 radical (unpaired) electrons. The van der Waals surface area contributed by atoms with E-state index in [1.54, 1.807) is 0 Å². The highest BCUT2D eigenvalue weighted by Gasteiger charge is 2.54. The number of nitrogen functional groups attached to an aromatic ring is 1. The summed E-state index contributed by atoms with van der Waals surface area (Å²) in [6, 6.07) is -1.08. The fourth-order valence-corrected chi connectivity index (χ4v) is 5.59. The molecular formula is C18H19N9O6S2. The maximum absolute atomic E-state index is 12.8. The highest BCUT2D eigenvalue weighted by atomic mass is 32.2. The van der Waals surface area contributed by atoms with E-state index < -0.39 is 34.9 Å². The molecule has 0 aromatic carbocycles. The zero-order valence-corrected chi connectivity index (χ0v) is 19.4. The number of likely N-dealkylation sites (tertiary alicyclic amines) is 1. The lowest BCUT2D eigenvalue weighted by Crippen LogP contribution is -2.71. The van der Waals surface area contributed by atoms with Crippen LogP contribution in [0.25, 0.3) is 0 Å². The van der Waals surface area contributed by atoms with Crippen LogP contribution in [0.2, 0.25) is 0 Å². The van der Waals surface area contributed by atoms with Crippen LogP contribution in [0.3, 0.4) is 0 Å². The van der Waals surface area contributed by atoms with E-state index in [2.05, 4.69) is 19.8 Å². The Balaban J connectivity index is 1.53. The molecule has 15 nitrogen and oxygen atoms in total. The zero-order chi connectivity index (χ0) is 25.4. The first-order valence-corrected chi connectivity index (χ1v) is 11.8. The molecule has 1 aromatic heterocycles. The zero-order valence-electron chi connectivity index (χ0n) is 17.8. The van der Waals surface area contributed by atoms with E-state index in [9.17, 15) is 29.5 Å². The number of carboxylic acid groups (broad SMARTS) is 1. The van der Waals surface area contributed by atoms with Crippen LogP contribution in [0.4, 0.5) is 5.13 Å². The van der Waals surface area contributed by atoms with Crippen molar-refractivity contribution in [2.75, 3.05) is 24.6 Å². The van der Waals surface area contributed by atoms with Crippen LogP contribution in [0.5, 0.6) is 0 Å². The predicted molar refractivity (Wildman–Crippen MR) is 124 cm³/mol. The number of carbonyl (C=O) groups is 4. The highest BCUT2D eigenvalue weighted by Crippen LogP contribution is 2.41. The Morgan fingerprint density at radius 2 is 2.11 bits per heavy atom. The monoisotopic (exact) mass is 521 g/mol. The summed E-state index contributed by atoms with van der Waals surface area (Å²) in [5, 5.41) is 31.0. The van der Waals surface area contributed by atoms with Gasteiger partial charge < -0.3 is 32.0 Å². The molecule has 3 aliphatic rings. The summed E-state index contributed by atoms with van der Waals surface area (Å²) >= 11 is 1.99. The van der Waals surface area contributed by atoms with Gasteiger partial charge in [0.15, 0.2) is 5.13 Å². The van der Waals surface area contributed by atoms with Gasteiger partial charge in [-0.05, 0) is 18.1 Å². The van der Waals surface area contributed by atoms with Gasteiger partial charge in [0.25, 0.3) is 11.8 Å². The summed E-state index contributed by atoms with van der Waals surface area (Å²) < 4.78 is 3.79. The number of thioether (sulfide) groups is 1. The van der Waals surface area contributed by atoms with Crippen molar-refractivity contribution in [3.63, 3.8) is 0 Å². The number of β-lactam (4-membered cyclic amide) rings is 1. The van der Waals surface area contributed by atoms with Gasteiger partial charge in [0.1, 0.15) is 22.9 Å². The molecule has 4 rings (SSSR count). The number of oxime groups is 1. The van der Waals surface area contributed by atoms with Gasteiger partial charge in [-0.1, -0.05) is 5.16 Å². The Bertz CT molecular complexity index is 1240. The summed E-state index contributed by atoms with van der Waals surface area (Å²) in [6.07, 6.45) is 1.81. The Morgan fingerprint density at radius 3 is 2.71 bits per heavy atom. The van der Waals surface area contributed by atoms with Crippen molar-refractivity contribution in [1.82, 2.24) is 24.5 Å². The third-order valence-corrected chi connectivity index (χ3v) is 7.22. The number of hydrogen-bond donors (Lipinski definition) is 6. The number of anilines is 1. The van der Waals surface area contributed by atoms with Gasteiger partial charge >= 0.3 is 5.97 Å². The molecule has 4 heterocycles. The summed E-state index contributed by atoms with van der Waals surface area (Å²) in [5.41, 5.74) is 10.7. The molecule has 0 saturated carbocycles. The molecule has 8 N–H and O–H groups in total. The number of carboxylic acids is 1. The number of fused-ring (bicyclic) bond motifs is 1. The maximum Gasteiger partial charge on any atom is 0.352 e. The van der Waals surface area contributed by atoms with Crippen molar-refractivity contribution < 1.29 is 29.5 Å². The number of rotatable bonds is 7. The van der Waals surface area contributed by atoms with Crippen molar-refractivity contribution in [3.8, 4) is 0 Å². The molecule has 0 bridgehead atoms. The average molecular weight is 522 g/mol. The number of carbonyl (C=O) groups excluding carboxylic acids is 3. The summed E-state index contributed by atoms with van der Waals surface area (Å²) in [7, 11) is 0. The largest absolute Gasteiger partial charge is 0.477 e. The molecule has 3 aliphatic heterocycles. The second kappa shape index (κ2) is 9.34. The fourth-order valence-electron chi connectivity index (χ4n) is 3.85. The number of hydrogen-bond acceptors (Lipinski definition) is 12. The standard InChI is InChI=1S/C18H19N9O6S2/c19-8(20)4-26-2-1-6(14(26)29)3-7-5-34-16-10(15(30)27(16)11(7)17(31)32)22-13(28)9(24-33)12-23-18(21)35-25-12/h3,10,16,33H,1-2,4-5H2,(H3,19,20)(H,22,28)(H,31,32)(H2,21,23,25)/b6-3+,24-9-/t10-,16-/m1/s1. The van der Waals surface area contributed by atoms with E-state index in [1.807, 2.05) is 0 Å². The lowest BCUT2D eigenvalue weighted by Gasteiger charge is -2.49. The molecule has 35 heavy (non-hydrogen) atoms. The van der Waals surface area contributed by atoms with Gasteiger partial charge in [0.2, 0.25) is 17.4 Å². The molecule has 2 atom stereocenters. The van der Waals surface area contributed by atoms with Crippen LogP contribution in [0.15, 0.2) is 28.1 Å². The molecule has 1 aromatic rings. The second-order valence-corrected chi connectivity index (χ2v) is 9.50. The molecule has 2 saturated heterocycles. The molecule has 3 amide bonds. The molecule has 0 aliphatic carbocycles. The minimum atomic E-state index is -1.36. The van der Waals surface area contributed by atoms with E-state index in [-0.39, 0.29) is 46.3 Å². The van der Waals surface area contributed by atoms with Crippen molar-refractivity contribution >= 4 is 63.7 Å². The normalized spacial score (nSPS) is 23.4. The van der Waals surface area contributed by atoms with E-state index in [4.69, 9.17) is 16.9 Å². The lowest BCUT2D eigenvalue weighted by atomic mass is 10.0. The van der Waals surface area contributed by atoms with Gasteiger partial charge in [-0.25, -0.2) is 4.79 Å². The van der Waals surface area contributed by atoms with Crippen molar-refractivity contribution in [2.45, 2.75) is 17.8 Å². The number of aliphatic carboxylic acids is 1. The van der Waals surface area contributed by atoms with Crippen LogP contribution >= 0.6 is 23.3 Å². The minimum Gasteiger partial charge on any atom is -0.477 e. The van der Waals surface area contributed by atoms with Crippen molar-refractivity contribution in [2.24, 2.45) is 10.9 Å². The van der Waals surface area contributed by atoms with Crippen LogP contribution in [-0.2, 0) is 19.2 Å². The molecule has 0 unspecified atom stereocenters. The van der Waals surface area contributed by atoms with Crippen molar-refractivity contribution in [1.29, 1.82) is 5.41 Å². The van der Waals surface area contributed by atoms with E-state index in [0.29, 0.717) is 18.5 Å². The first-order valence-electron chi connectivity index (χ1n) is 9.98. The maximum atomic E-state index is 12.8. The SMILES string of the molecule is N=C(N)CN1CC/C(=C\C2=C(C(=O)O)N3C(=O)[C@@H](NC(=O)/C(=N\O)c4nsc(N)n4)[C@H]3SC2)C1=O. The third kappa shape index (κ3) is 4.42. The predicted octanol–water partition coefficient (Wildman–Crippen LogP) is -1.87. The second-order valence-electron chi connectivity index (χ2n) is 7.62. The van der Waals surface area contributed by atoms with E-state index in [0.717, 1.165) is 16.4 Å². The average Bonchev–Trinajstić information content (AvgIpc) is 3.37. The van der Waals surface area contributed by atoms with Gasteiger partial charge in [0.05, 0.1) is 6.54 Å². The quantitative estimate of drug-likeness (QED) is 0.0580. The summed E-state index contributed by atoms with van der Waals surface area (Å²) in [6.45, 7) is 0.326. The van der Waals surface area contributed by atoms with Crippen LogP contribution < -0.4 is 16.8 Å². The van der Waals surface area contributed by atoms with E-state index in [1.165, 1.54) is 22.7 Å². The van der Waals surface area contributed by atoms with Crippen LogP contribution in [-0.4, -0.2) is 95.0 Å². The van der Waals surface area contributed by atoms with E-state index >= 15 is 0 Å². The van der Waals surface area contributed by atoms with Gasteiger partial charge in [-0.15, -0.1) is 11.8 Å². The van der Waals surface area contributed by atoms with Crippen molar-refractivity contribution in [3.05, 3.63) is 28.7 Å². The number of amides is 3. The number of nitrogens with zero attached hydrogens (tertiary/aromatic N) is 5. The van der Waals surface area contributed by atoms with Crippen LogP contribution in [0, 0.1) is 5.41 Å². The number of nitrogens with two attached hydrogens (primary N) is 2. The Morgan fingerprint density at radius 1 is 1.37 bits per heavy atom. The highest BCUT2D eigenvalue weighted by molar-refractivity contribution is 8.00. The van der Waals surface area contributed by atoms with Crippen LogP contribution in [0.1, 0.15) is 12.2 Å². The Hall–Kier alpha value is -3.99. The molecular weight excluding hydrogens is 502 g/mol. The Labute approximate surface area is 205 Å². The molecule has 17 heteroatoms. The molecule has 184 valence electrons. The number of nitrogens with one attached hydrogen (secondary N) is 2. The smallest absolute Gasteiger partial charge is 0.352 e.